The highest BCUT2D eigenvalue weighted by molar-refractivity contribution is 5.91. The van der Waals surface area contributed by atoms with E-state index < -0.39 is 0 Å². The smallest absolute Gasteiger partial charge is 0.291 e. The van der Waals surface area contributed by atoms with E-state index in [1.54, 1.807) is 10.7 Å². The molecule has 1 amide bonds. The average molecular weight is 349 g/mol. The molecule has 6 heteroatoms. The van der Waals surface area contributed by atoms with E-state index in [2.05, 4.69) is 32.5 Å². The minimum atomic E-state index is -0.241. The Bertz CT molecular complexity index is 899. The Balaban J connectivity index is 1.61. The van der Waals surface area contributed by atoms with Crippen LogP contribution in [0.25, 0.3) is 5.78 Å². The SMILES string of the molecule is Cc1ccnc2nc(C(=O)NC(c3ccccc3)C3CCCCC3)nn12. The Labute approximate surface area is 152 Å². The van der Waals surface area contributed by atoms with Gasteiger partial charge in [-0.05, 0) is 37.3 Å². The fourth-order valence-corrected chi connectivity index (χ4v) is 3.81. The number of benzene rings is 1. The van der Waals surface area contributed by atoms with E-state index in [1.165, 1.54) is 19.3 Å². The number of nitrogens with zero attached hydrogens (tertiary/aromatic N) is 4. The lowest BCUT2D eigenvalue weighted by Gasteiger charge is -2.31. The molecule has 1 aliphatic carbocycles. The maximum Gasteiger partial charge on any atom is 0.291 e. The van der Waals surface area contributed by atoms with Gasteiger partial charge in [0.1, 0.15) is 0 Å². The summed E-state index contributed by atoms with van der Waals surface area (Å²) in [4.78, 5) is 21.4. The molecule has 0 radical (unpaired) electrons. The van der Waals surface area contributed by atoms with Gasteiger partial charge in [0.25, 0.3) is 11.7 Å². The van der Waals surface area contributed by atoms with Crippen LogP contribution in [0.1, 0.15) is 60.0 Å². The Hall–Kier alpha value is -2.76. The van der Waals surface area contributed by atoms with Gasteiger partial charge in [0, 0.05) is 11.9 Å². The number of rotatable bonds is 4. The van der Waals surface area contributed by atoms with E-state index in [0.29, 0.717) is 11.7 Å². The molecule has 0 spiro atoms. The van der Waals surface area contributed by atoms with Gasteiger partial charge in [-0.2, -0.15) is 4.98 Å². The molecular formula is C20H23N5O. The summed E-state index contributed by atoms with van der Waals surface area (Å²) in [6.07, 6.45) is 7.68. The summed E-state index contributed by atoms with van der Waals surface area (Å²) in [5, 5.41) is 7.53. The minimum Gasteiger partial charge on any atom is -0.342 e. The van der Waals surface area contributed by atoms with Crippen molar-refractivity contribution in [2.45, 2.75) is 45.1 Å². The molecule has 1 N–H and O–H groups in total. The lowest BCUT2D eigenvalue weighted by molar-refractivity contribution is 0.0902. The molecule has 2 aromatic heterocycles. The molecule has 26 heavy (non-hydrogen) atoms. The Morgan fingerprint density at radius 2 is 1.92 bits per heavy atom. The third-order valence-electron chi connectivity index (χ3n) is 5.20. The summed E-state index contributed by atoms with van der Waals surface area (Å²) in [6.45, 7) is 1.92. The topological polar surface area (TPSA) is 72.2 Å². The highest BCUT2D eigenvalue weighted by atomic mass is 16.2. The molecule has 1 aliphatic rings. The second-order valence-electron chi connectivity index (χ2n) is 6.99. The average Bonchev–Trinajstić information content (AvgIpc) is 3.13. The first kappa shape index (κ1) is 16.7. The van der Waals surface area contributed by atoms with Gasteiger partial charge in [0.05, 0.1) is 6.04 Å². The molecule has 3 aromatic rings. The summed E-state index contributed by atoms with van der Waals surface area (Å²) in [5.74, 6) is 0.828. The summed E-state index contributed by atoms with van der Waals surface area (Å²) in [6, 6.07) is 12.1. The molecular weight excluding hydrogens is 326 g/mol. The molecule has 0 bridgehead atoms. The largest absolute Gasteiger partial charge is 0.342 e. The molecule has 2 heterocycles. The molecule has 4 rings (SSSR count). The van der Waals surface area contributed by atoms with Crippen molar-refractivity contribution in [2.24, 2.45) is 5.92 Å². The summed E-state index contributed by atoms with van der Waals surface area (Å²) < 4.78 is 1.60. The number of hydrogen-bond donors (Lipinski definition) is 1. The van der Waals surface area contributed by atoms with E-state index in [1.807, 2.05) is 31.2 Å². The number of carbonyl (C=O) groups excluding carboxylic acids is 1. The number of amides is 1. The van der Waals surface area contributed by atoms with Gasteiger partial charge >= 0.3 is 0 Å². The molecule has 0 aliphatic heterocycles. The monoisotopic (exact) mass is 349 g/mol. The molecule has 1 aromatic carbocycles. The predicted octanol–water partition coefficient (Wildman–Crippen LogP) is 3.48. The Morgan fingerprint density at radius 3 is 2.65 bits per heavy atom. The van der Waals surface area contributed by atoms with E-state index in [4.69, 9.17) is 0 Å². The minimum absolute atomic E-state index is 0.00957. The van der Waals surface area contributed by atoms with Crippen molar-refractivity contribution in [3.05, 3.63) is 59.7 Å². The maximum atomic E-state index is 12.9. The zero-order chi connectivity index (χ0) is 17.9. The maximum absolute atomic E-state index is 12.9. The number of hydrogen-bond acceptors (Lipinski definition) is 4. The second kappa shape index (κ2) is 7.23. The zero-order valence-electron chi connectivity index (χ0n) is 14.9. The van der Waals surface area contributed by atoms with Crippen LogP contribution in [0.2, 0.25) is 0 Å². The zero-order valence-corrected chi connectivity index (χ0v) is 14.9. The number of aryl methyl sites for hydroxylation is 1. The second-order valence-corrected chi connectivity index (χ2v) is 6.99. The van der Waals surface area contributed by atoms with Crippen LogP contribution in [0, 0.1) is 12.8 Å². The number of aromatic nitrogens is 4. The summed E-state index contributed by atoms with van der Waals surface area (Å²) >= 11 is 0. The third-order valence-corrected chi connectivity index (χ3v) is 5.20. The van der Waals surface area contributed by atoms with Crippen LogP contribution in [0.3, 0.4) is 0 Å². The van der Waals surface area contributed by atoms with Crippen molar-refractivity contribution >= 4 is 11.7 Å². The number of nitrogens with one attached hydrogen (secondary N) is 1. The van der Waals surface area contributed by atoms with Crippen molar-refractivity contribution < 1.29 is 4.79 Å². The van der Waals surface area contributed by atoms with Gasteiger partial charge in [0.15, 0.2) is 0 Å². The van der Waals surface area contributed by atoms with Gasteiger partial charge in [-0.3, -0.25) is 4.79 Å². The number of carbonyl (C=O) groups is 1. The molecule has 134 valence electrons. The van der Waals surface area contributed by atoms with Crippen LogP contribution in [0.4, 0.5) is 0 Å². The Kier molecular flexibility index (Phi) is 4.65. The van der Waals surface area contributed by atoms with Crippen LogP contribution in [0.5, 0.6) is 0 Å². The highest BCUT2D eigenvalue weighted by Crippen LogP contribution is 2.34. The fourth-order valence-electron chi connectivity index (χ4n) is 3.81. The molecule has 1 fully saturated rings. The highest BCUT2D eigenvalue weighted by Gasteiger charge is 2.28. The lowest BCUT2D eigenvalue weighted by atomic mass is 9.81. The van der Waals surface area contributed by atoms with Crippen LogP contribution >= 0.6 is 0 Å². The fraction of sp³-hybridized carbons (Fsp3) is 0.400. The van der Waals surface area contributed by atoms with Gasteiger partial charge < -0.3 is 5.32 Å². The van der Waals surface area contributed by atoms with Crippen LogP contribution in [-0.4, -0.2) is 25.5 Å². The van der Waals surface area contributed by atoms with E-state index >= 15 is 0 Å². The van der Waals surface area contributed by atoms with E-state index in [9.17, 15) is 4.79 Å². The summed E-state index contributed by atoms with van der Waals surface area (Å²) in [7, 11) is 0. The first-order valence-corrected chi connectivity index (χ1v) is 9.26. The van der Waals surface area contributed by atoms with E-state index in [-0.39, 0.29) is 17.8 Å². The first-order valence-electron chi connectivity index (χ1n) is 9.26. The lowest BCUT2D eigenvalue weighted by Crippen LogP contribution is -2.35. The molecule has 6 nitrogen and oxygen atoms in total. The van der Waals surface area contributed by atoms with E-state index in [0.717, 1.165) is 24.1 Å². The van der Waals surface area contributed by atoms with Gasteiger partial charge in [-0.1, -0.05) is 49.6 Å². The van der Waals surface area contributed by atoms with Gasteiger partial charge in [0.2, 0.25) is 5.82 Å². The third kappa shape index (κ3) is 3.31. The first-order chi connectivity index (χ1) is 12.7. The van der Waals surface area contributed by atoms with Crippen LogP contribution in [0.15, 0.2) is 42.6 Å². The summed E-state index contributed by atoms with van der Waals surface area (Å²) in [5.41, 5.74) is 2.04. The van der Waals surface area contributed by atoms with Crippen molar-refractivity contribution in [1.82, 2.24) is 24.9 Å². The standard InChI is InChI=1S/C20H23N5O/c1-14-12-13-21-20-23-18(24-25(14)20)19(26)22-17(15-8-4-2-5-9-15)16-10-6-3-7-11-16/h2,4-5,8-9,12-13,16-17H,3,6-7,10-11H2,1H3,(H,22,26). The van der Waals surface area contributed by atoms with Gasteiger partial charge in [-0.25, -0.2) is 9.50 Å². The van der Waals surface area contributed by atoms with Crippen molar-refractivity contribution in [3.8, 4) is 0 Å². The number of fused-ring (bicyclic) bond motifs is 1. The van der Waals surface area contributed by atoms with Crippen LogP contribution < -0.4 is 5.32 Å². The quantitative estimate of drug-likeness (QED) is 0.783. The van der Waals surface area contributed by atoms with Gasteiger partial charge in [-0.15, -0.1) is 5.10 Å². The molecule has 0 saturated heterocycles. The van der Waals surface area contributed by atoms with Crippen molar-refractivity contribution in [3.63, 3.8) is 0 Å². The van der Waals surface area contributed by atoms with Crippen molar-refractivity contribution in [2.75, 3.05) is 0 Å². The van der Waals surface area contributed by atoms with Crippen LogP contribution in [-0.2, 0) is 0 Å². The predicted molar refractivity (Wildman–Crippen MR) is 98.7 cm³/mol. The normalized spacial score (nSPS) is 16.5. The molecule has 1 unspecified atom stereocenters. The van der Waals surface area contributed by atoms with Crippen molar-refractivity contribution in [1.29, 1.82) is 0 Å². The Morgan fingerprint density at radius 1 is 1.15 bits per heavy atom. The molecule has 1 atom stereocenters. The molecule has 1 saturated carbocycles.